The number of fused-ring (bicyclic) bond motifs is 1. The van der Waals surface area contributed by atoms with E-state index in [9.17, 15) is 4.79 Å². The van der Waals surface area contributed by atoms with Gasteiger partial charge in [-0.2, -0.15) is 0 Å². The zero-order valence-corrected chi connectivity index (χ0v) is 15.3. The van der Waals surface area contributed by atoms with Crippen molar-refractivity contribution in [1.82, 2.24) is 10.6 Å². The molecule has 0 saturated carbocycles. The summed E-state index contributed by atoms with van der Waals surface area (Å²) in [6.07, 6.45) is 5.81. The predicted octanol–water partition coefficient (Wildman–Crippen LogP) is 4.82. The van der Waals surface area contributed by atoms with E-state index >= 15 is 0 Å². The molecular formula is C22H28N2O. The Morgan fingerprint density at radius 2 is 1.84 bits per heavy atom. The van der Waals surface area contributed by atoms with Crippen LogP contribution in [0.1, 0.15) is 60.0 Å². The highest BCUT2D eigenvalue weighted by Gasteiger charge is 2.16. The number of nitrogens with one attached hydrogen (secondary N) is 2. The fraction of sp³-hybridized carbons (Fsp3) is 0.409. The minimum atomic E-state index is -0.104. The molecule has 2 N–H and O–H groups in total. The van der Waals surface area contributed by atoms with Crippen LogP contribution in [0.2, 0.25) is 0 Å². The van der Waals surface area contributed by atoms with Gasteiger partial charge < -0.3 is 10.6 Å². The van der Waals surface area contributed by atoms with E-state index in [-0.39, 0.29) is 12.1 Å². The highest BCUT2D eigenvalue weighted by molar-refractivity contribution is 5.74. The first-order valence-electron chi connectivity index (χ1n) is 9.38. The molecule has 0 aromatic heterocycles. The number of hydrogen-bond acceptors (Lipinski definition) is 1. The smallest absolute Gasteiger partial charge is 0.315 e. The van der Waals surface area contributed by atoms with Crippen LogP contribution in [0.25, 0.3) is 0 Å². The lowest BCUT2D eigenvalue weighted by atomic mass is 9.89. The van der Waals surface area contributed by atoms with Crippen molar-refractivity contribution in [3.63, 3.8) is 0 Å². The van der Waals surface area contributed by atoms with Gasteiger partial charge in [0, 0.05) is 6.54 Å². The molecule has 0 saturated heterocycles. The number of amides is 2. The van der Waals surface area contributed by atoms with Gasteiger partial charge in [0.1, 0.15) is 0 Å². The van der Waals surface area contributed by atoms with E-state index in [1.165, 1.54) is 47.9 Å². The van der Waals surface area contributed by atoms with Crippen LogP contribution in [0.4, 0.5) is 4.79 Å². The second-order valence-corrected chi connectivity index (χ2v) is 6.95. The summed E-state index contributed by atoms with van der Waals surface area (Å²) in [7, 11) is 0. The first kappa shape index (κ1) is 17.5. The molecule has 1 atom stereocenters. The minimum absolute atomic E-state index is 0.0593. The van der Waals surface area contributed by atoms with Crippen molar-refractivity contribution in [3.05, 3.63) is 70.3 Å². The number of hydrogen-bond donors (Lipinski definition) is 2. The topological polar surface area (TPSA) is 41.1 Å². The summed E-state index contributed by atoms with van der Waals surface area (Å²) >= 11 is 0. The van der Waals surface area contributed by atoms with Crippen molar-refractivity contribution in [2.45, 2.75) is 58.5 Å². The Hall–Kier alpha value is -2.29. The van der Waals surface area contributed by atoms with Gasteiger partial charge in [-0.15, -0.1) is 0 Å². The molecule has 0 bridgehead atoms. The van der Waals surface area contributed by atoms with Gasteiger partial charge in [-0.3, -0.25) is 0 Å². The maximum Gasteiger partial charge on any atom is 0.315 e. The number of carbonyl (C=O) groups is 1. The Morgan fingerprint density at radius 3 is 2.60 bits per heavy atom. The van der Waals surface area contributed by atoms with Gasteiger partial charge in [0.25, 0.3) is 0 Å². The molecule has 0 spiro atoms. The van der Waals surface area contributed by atoms with E-state index in [1.54, 1.807) is 0 Å². The van der Waals surface area contributed by atoms with Crippen molar-refractivity contribution >= 4 is 6.03 Å². The molecule has 132 valence electrons. The summed E-state index contributed by atoms with van der Waals surface area (Å²) in [6.45, 7) is 4.74. The minimum Gasteiger partial charge on any atom is -0.334 e. The van der Waals surface area contributed by atoms with Gasteiger partial charge in [-0.25, -0.2) is 4.79 Å². The highest BCUT2D eigenvalue weighted by atomic mass is 16.2. The van der Waals surface area contributed by atoms with E-state index < -0.39 is 0 Å². The van der Waals surface area contributed by atoms with Gasteiger partial charge in [0.2, 0.25) is 0 Å². The Morgan fingerprint density at radius 1 is 1.08 bits per heavy atom. The van der Waals surface area contributed by atoms with Crippen molar-refractivity contribution < 1.29 is 4.79 Å². The molecule has 0 heterocycles. The van der Waals surface area contributed by atoms with Crippen molar-refractivity contribution in [2.75, 3.05) is 0 Å². The van der Waals surface area contributed by atoms with Gasteiger partial charge in [-0.1, -0.05) is 49.4 Å². The third-order valence-corrected chi connectivity index (χ3v) is 5.19. The molecule has 0 radical (unpaired) electrons. The number of urea groups is 1. The lowest BCUT2D eigenvalue weighted by Crippen LogP contribution is -2.37. The number of benzene rings is 2. The average Bonchev–Trinajstić information content (AvgIpc) is 2.65. The first-order chi connectivity index (χ1) is 12.2. The van der Waals surface area contributed by atoms with Crippen LogP contribution in [0.5, 0.6) is 0 Å². The largest absolute Gasteiger partial charge is 0.334 e. The van der Waals surface area contributed by atoms with Gasteiger partial charge in [0.15, 0.2) is 0 Å². The second kappa shape index (κ2) is 8.19. The normalized spacial score (nSPS) is 14.5. The van der Waals surface area contributed by atoms with E-state index in [0.717, 1.165) is 12.0 Å². The Kier molecular flexibility index (Phi) is 5.75. The van der Waals surface area contributed by atoms with E-state index in [0.29, 0.717) is 6.54 Å². The van der Waals surface area contributed by atoms with Gasteiger partial charge in [0.05, 0.1) is 6.04 Å². The standard InChI is InChI=1S/C22H28N2O/c1-3-21(19-13-12-17-9-6-7-10-18(17)14-19)24-22(25)23-15-20-11-5-4-8-16(20)2/h4-5,8,11-14,21H,3,6-7,9-10,15H2,1-2H3,(H2,23,24,25). The summed E-state index contributed by atoms with van der Waals surface area (Å²) in [5, 5.41) is 6.12. The Balaban J connectivity index is 1.61. The second-order valence-electron chi connectivity index (χ2n) is 6.95. The van der Waals surface area contributed by atoms with Crippen LogP contribution >= 0.6 is 0 Å². The zero-order chi connectivity index (χ0) is 17.6. The van der Waals surface area contributed by atoms with E-state index in [4.69, 9.17) is 0 Å². The molecule has 1 aliphatic carbocycles. The number of carbonyl (C=O) groups excluding carboxylic acids is 1. The summed E-state index contributed by atoms with van der Waals surface area (Å²) in [4.78, 5) is 12.3. The molecule has 2 aromatic rings. The van der Waals surface area contributed by atoms with Crippen LogP contribution < -0.4 is 10.6 Å². The van der Waals surface area contributed by atoms with Crippen LogP contribution in [0.3, 0.4) is 0 Å². The molecule has 0 aliphatic heterocycles. The van der Waals surface area contributed by atoms with Crippen LogP contribution in [-0.2, 0) is 19.4 Å². The maximum atomic E-state index is 12.3. The van der Waals surface area contributed by atoms with Crippen molar-refractivity contribution in [1.29, 1.82) is 0 Å². The fourth-order valence-corrected chi connectivity index (χ4v) is 3.58. The number of aryl methyl sites for hydroxylation is 3. The summed E-state index contributed by atoms with van der Waals surface area (Å²) < 4.78 is 0. The Bertz CT molecular complexity index is 739. The molecular weight excluding hydrogens is 308 g/mol. The van der Waals surface area contributed by atoms with Crippen molar-refractivity contribution in [3.8, 4) is 0 Å². The molecule has 3 nitrogen and oxygen atoms in total. The molecule has 1 unspecified atom stereocenters. The lowest BCUT2D eigenvalue weighted by molar-refractivity contribution is 0.236. The fourth-order valence-electron chi connectivity index (χ4n) is 3.58. The van der Waals surface area contributed by atoms with Gasteiger partial charge >= 0.3 is 6.03 Å². The van der Waals surface area contributed by atoms with Crippen LogP contribution in [0.15, 0.2) is 42.5 Å². The van der Waals surface area contributed by atoms with Crippen LogP contribution in [-0.4, -0.2) is 6.03 Å². The lowest BCUT2D eigenvalue weighted by Gasteiger charge is -2.22. The van der Waals surface area contributed by atoms with Gasteiger partial charge in [-0.05, 0) is 66.8 Å². The maximum absolute atomic E-state index is 12.3. The molecule has 0 fully saturated rings. The molecule has 1 aliphatic rings. The summed E-state index contributed by atoms with van der Waals surface area (Å²) in [5.41, 5.74) is 6.51. The molecule has 3 heteroatoms. The third kappa shape index (κ3) is 4.41. The predicted molar refractivity (Wildman–Crippen MR) is 103 cm³/mol. The molecule has 25 heavy (non-hydrogen) atoms. The zero-order valence-electron chi connectivity index (χ0n) is 15.3. The molecule has 2 amide bonds. The highest BCUT2D eigenvalue weighted by Crippen LogP contribution is 2.26. The molecule has 3 rings (SSSR count). The summed E-state index contributed by atoms with van der Waals surface area (Å²) in [5.74, 6) is 0. The third-order valence-electron chi connectivity index (χ3n) is 5.19. The summed E-state index contributed by atoms with van der Waals surface area (Å²) in [6, 6.07) is 14.8. The van der Waals surface area contributed by atoms with Crippen molar-refractivity contribution in [2.24, 2.45) is 0 Å². The quantitative estimate of drug-likeness (QED) is 0.807. The Labute approximate surface area is 150 Å². The average molecular weight is 336 g/mol. The number of rotatable bonds is 5. The van der Waals surface area contributed by atoms with E-state index in [2.05, 4.69) is 54.8 Å². The monoisotopic (exact) mass is 336 g/mol. The molecule has 2 aromatic carbocycles. The SMILES string of the molecule is CCC(NC(=O)NCc1ccccc1C)c1ccc2c(c1)CCCC2. The van der Waals surface area contributed by atoms with Crippen LogP contribution in [0, 0.1) is 6.92 Å². The first-order valence-corrected chi connectivity index (χ1v) is 9.38. The van der Waals surface area contributed by atoms with E-state index in [1.807, 2.05) is 12.1 Å².